The first-order chi connectivity index (χ1) is 6.59. The van der Waals surface area contributed by atoms with Gasteiger partial charge in [-0.1, -0.05) is 12.8 Å². The van der Waals surface area contributed by atoms with Crippen LogP contribution in [0.15, 0.2) is 0 Å². The van der Waals surface area contributed by atoms with Crippen LogP contribution in [0.1, 0.15) is 37.3 Å². The van der Waals surface area contributed by atoms with E-state index in [0.29, 0.717) is 0 Å². The number of hydrogen-bond donors (Lipinski definition) is 1. The van der Waals surface area contributed by atoms with Crippen molar-refractivity contribution < 1.29 is 0 Å². The molecule has 2 N–H and O–H groups in total. The van der Waals surface area contributed by atoms with E-state index in [1.54, 1.807) is 0 Å². The minimum absolute atomic E-state index is 0.0206. The fourth-order valence-corrected chi connectivity index (χ4v) is 2.28. The quantitative estimate of drug-likeness (QED) is 0.762. The zero-order chi connectivity index (χ0) is 10.2. The van der Waals surface area contributed by atoms with E-state index >= 15 is 0 Å². The second kappa shape index (κ2) is 3.35. The van der Waals surface area contributed by atoms with Crippen molar-refractivity contribution in [3.05, 3.63) is 11.6 Å². The van der Waals surface area contributed by atoms with Crippen LogP contribution in [0.3, 0.4) is 0 Å². The van der Waals surface area contributed by atoms with Gasteiger partial charge in [-0.15, -0.1) is 0 Å². The smallest absolute Gasteiger partial charge is 0.147 e. The van der Waals surface area contributed by atoms with Crippen LogP contribution in [-0.2, 0) is 13.5 Å². The molecule has 0 saturated heterocycles. The van der Waals surface area contributed by atoms with Crippen molar-refractivity contribution in [1.82, 2.24) is 14.8 Å². The van der Waals surface area contributed by atoms with Crippen LogP contribution < -0.4 is 5.73 Å². The van der Waals surface area contributed by atoms with Gasteiger partial charge in [-0.3, -0.25) is 4.68 Å². The highest BCUT2D eigenvalue weighted by molar-refractivity contribution is 5.01. The number of nitrogens with zero attached hydrogens (tertiary/aromatic N) is 3. The minimum Gasteiger partial charge on any atom is -0.325 e. The second-order valence-corrected chi connectivity index (χ2v) is 4.45. The van der Waals surface area contributed by atoms with Crippen LogP contribution >= 0.6 is 0 Å². The van der Waals surface area contributed by atoms with Crippen LogP contribution in [0.4, 0.5) is 0 Å². The highest BCUT2D eigenvalue weighted by Crippen LogP contribution is 2.29. The lowest BCUT2D eigenvalue weighted by atomic mass is 9.94. The molecule has 0 aliphatic heterocycles. The van der Waals surface area contributed by atoms with Crippen LogP contribution in [0.2, 0.25) is 0 Å². The Bertz CT molecular complexity index is 323. The van der Waals surface area contributed by atoms with Gasteiger partial charge in [-0.05, 0) is 19.8 Å². The van der Waals surface area contributed by atoms with Gasteiger partial charge in [0.25, 0.3) is 0 Å². The molecule has 1 aromatic rings. The fourth-order valence-electron chi connectivity index (χ4n) is 2.28. The molecule has 14 heavy (non-hydrogen) atoms. The van der Waals surface area contributed by atoms with Gasteiger partial charge >= 0.3 is 0 Å². The Balaban J connectivity index is 2.13. The van der Waals surface area contributed by atoms with E-state index < -0.39 is 0 Å². The third-order valence-electron chi connectivity index (χ3n) is 3.07. The molecule has 0 bridgehead atoms. The lowest BCUT2D eigenvalue weighted by Crippen LogP contribution is -2.39. The second-order valence-electron chi connectivity index (χ2n) is 4.45. The highest BCUT2D eigenvalue weighted by atomic mass is 15.3. The molecule has 1 saturated carbocycles. The lowest BCUT2D eigenvalue weighted by Gasteiger charge is -2.22. The molecule has 4 heteroatoms. The molecule has 0 radical (unpaired) electrons. The van der Waals surface area contributed by atoms with E-state index in [1.807, 2.05) is 18.7 Å². The predicted octanol–water partition coefficient (Wildman–Crippen LogP) is 0.938. The maximum absolute atomic E-state index is 6.29. The number of aryl methyl sites for hydroxylation is 2. The monoisotopic (exact) mass is 194 g/mol. The molecule has 78 valence electrons. The Morgan fingerprint density at radius 2 is 2.07 bits per heavy atom. The van der Waals surface area contributed by atoms with E-state index in [0.717, 1.165) is 30.9 Å². The summed E-state index contributed by atoms with van der Waals surface area (Å²) >= 11 is 0. The van der Waals surface area contributed by atoms with Crippen molar-refractivity contribution in [1.29, 1.82) is 0 Å². The maximum Gasteiger partial charge on any atom is 0.147 e. The van der Waals surface area contributed by atoms with E-state index in [1.165, 1.54) is 12.8 Å². The largest absolute Gasteiger partial charge is 0.325 e. The molecular formula is C10H18N4. The third-order valence-corrected chi connectivity index (χ3v) is 3.07. The average molecular weight is 194 g/mol. The normalized spacial score (nSPS) is 20.2. The minimum atomic E-state index is -0.0206. The highest BCUT2D eigenvalue weighted by Gasteiger charge is 2.31. The van der Waals surface area contributed by atoms with Crippen molar-refractivity contribution in [2.75, 3.05) is 0 Å². The van der Waals surface area contributed by atoms with Gasteiger partial charge in [0.15, 0.2) is 0 Å². The fraction of sp³-hybridized carbons (Fsp3) is 0.800. The first kappa shape index (κ1) is 9.65. The molecule has 0 atom stereocenters. The summed E-state index contributed by atoms with van der Waals surface area (Å²) in [5, 5.41) is 4.23. The summed E-state index contributed by atoms with van der Waals surface area (Å²) in [6.07, 6.45) is 5.63. The molecule has 4 nitrogen and oxygen atoms in total. The average Bonchev–Trinajstić information content (AvgIpc) is 2.61. The van der Waals surface area contributed by atoms with Crippen molar-refractivity contribution in [3.63, 3.8) is 0 Å². The Morgan fingerprint density at radius 1 is 1.43 bits per heavy atom. The number of rotatable bonds is 2. The summed E-state index contributed by atoms with van der Waals surface area (Å²) in [5.74, 6) is 1.86. The summed E-state index contributed by atoms with van der Waals surface area (Å²) in [7, 11) is 1.94. The molecule has 0 unspecified atom stereocenters. The Morgan fingerprint density at radius 3 is 2.57 bits per heavy atom. The number of hydrogen-bond acceptors (Lipinski definition) is 3. The lowest BCUT2D eigenvalue weighted by molar-refractivity contribution is 0.418. The van der Waals surface area contributed by atoms with Crippen molar-refractivity contribution in [3.8, 4) is 0 Å². The maximum atomic E-state index is 6.29. The molecule has 1 heterocycles. The van der Waals surface area contributed by atoms with Crippen molar-refractivity contribution in [2.24, 2.45) is 12.8 Å². The van der Waals surface area contributed by atoms with Gasteiger partial charge in [0.2, 0.25) is 0 Å². The molecule has 2 rings (SSSR count). The number of nitrogens with two attached hydrogens (primary N) is 1. The van der Waals surface area contributed by atoms with E-state index in [9.17, 15) is 0 Å². The van der Waals surface area contributed by atoms with E-state index in [-0.39, 0.29) is 5.54 Å². The third kappa shape index (κ3) is 1.80. The summed E-state index contributed by atoms with van der Waals surface area (Å²) in [4.78, 5) is 4.39. The first-order valence-electron chi connectivity index (χ1n) is 5.24. The van der Waals surface area contributed by atoms with Gasteiger partial charge in [-0.25, -0.2) is 4.98 Å². The first-order valence-corrected chi connectivity index (χ1v) is 5.24. The van der Waals surface area contributed by atoms with Crippen LogP contribution in [0, 0.1) is 6.92 Å². The van der Waals surface area contributed by atoms with Crippen LogP contribution in [0.5, 0.6) is 0 Å². The summed E-state index contributed by atoms with van der Waals surface area (Å²) in [6, 6.07) is 0. The summed E-state index contributed by atoms with van der Waals surface area (Å²) in [5.41, 5.74) is 6.27. The SMILES string of the molecule is Cc1nc(CC2(N)CCCC2)n(C)n1. The van der Waals surface area contributed by atoms with E-state index in [4.69, 9.17) is 5.73 Å². The van der Waals surface area contributed by atoms with Crippen LogP contribution in [-0.4, -0.2) is 20.3 Å². The molecule has 1 aromatic heterocycles. The number of aromatic nitrogens is 3. The van der Waals surface area contributed by atoms with Crippen LogP contribution in [0.25, 0.3) is 0 Å². The summed E-state index contributed by atoms with van der Waals surface area (Å²) in [6.45, 7) is 1.92. The zero-order valence-electron chi connectivity index (χ0n) is 8.95. The van der Waals surface area contributed by atoms with Gasteiger partial charge in [-0.2, -0.15) is 5.10 Å². The molecule has 0 amide bonds. The molecule has 1 aliphatic carbocycles. The molecule has 1 fully saturated rings. The van der Waals surface area contributed by atoms with E-state index in [2.05, 4.69) is 10.1 Å². The standard InChI is InChI=1S/C10H18N4/c1-8-12-9(14(2)13-8)7-10(11)5-3-4-6-10/h3-7,11H2,1-2H3. The predicted molar refractivity (Wildman–Crippen MR) is 54.8 cm³/mol. The molecule has 0 spiro atoms. The van der Waals surface area contributed by atoms with Gasteiger partial charge in [0.05, 0.1) is 0 Å². The summed E-state index contributed by atoms with van der Waals surface area (Å²) < 4.78 is 1.85. The Hall–Kier alpha value is -0.900. The molecular weight excluding hydrogens is 176 g/mol. The van der Waals surface area contributed by atoms with Gasteiger partial charge in [0, 0.05) is 19.0 Å². The molecule has 1 aliphatic rings. The zero-order valence-corrected chi connectivity index (χ0v) is 8.95. The topological polar surface area (TPSA) is 56.7 Å². The Kier molecular flexibility index (Phi) is 2.31. The van der Waals surface area contributed by atoms with Crippen molar-refractivity contribution >= 4 is 0 Å². The molecule has 0 aromatic carbocycles. The van der Waals surface area contributed by atoms with Crippen molar-refractivity contribution in [2.45, 2.75) is 44.6 Å². The van der Waals surface area contributed by atoms with Gasteiger partial charge < -0.3 is 5.73 Å². The van der Waals surface area contributed by atoms with Gasteiger partial charge in [0.1, 0.15) is 11.6 Å². The Labute approximate surface area is 84.5 Å².